The molecule has 0 aliphatic heterocycles. The molecule has 270 valence electrons. The Morgan fingerprint density at radius 1 is 0.979 bits per heavy atom. The van der Waals surface area contributed by atoms with Crippen molar-refractivity contribution in [3.63, 3.8) is 0 Å². The van der Waals surface area contributed by atoms with Crippen LogP contribution in [-0.2, 0) is 38.3 Å². The number of esters is 1. The number of ketones is 2. The van der Waals surface area contributed by atoms with Crippen LogP contribution in [0.2, 0.25) is 0 Å². The van der Waals surface area contributed by atoms with Gasteiger partial charge in [0, 0.05) is 29.1 Å². The van der Waals surface area contributed by atoms with E-state index in [1.165, 1.54) is 18.2 Å². The van der Waals surface area contributed by atoms with Crippen LogP contribution < -0.4 is 0 Å². The summed E-state index contributed by atoms with van der Waals surface area (Å²) in [5.74, 6) is -3.92. The molecule has 8 atom stereocenters. The average Bonchev–Trinajstić information content (AvgIpc) is 3.22. The molecule has 4 aliphatic carbocycles. The van der Waals surface area contributed by atoms with Crippen molar-refractivity contribution in [1.82, 2.24) is 10.8 Å². The molecule has 5 N–H and O–H groups in total. The summed E-state index contributed by atoms with van der Waals surface area (Å²) in [6, 6.07) is 0. The van der Waals surface area contributed by atoms with Crippen molar-refractivity contribution in [2.45, 2.75) is 89.5 Å². The van der Waals surface area contributed by atoms with Crippen molar-refractivity contribution in [2.24, 2.45) is 28.6 Å². The molecule has 3 fully saturated rings. The third-order valence-electron chi connectivity index (χ3n) is 10.9. The van der Waals surface area contributed by atoms with E-state index in [9.17, 15) is 24.3 Å². The molecule has 0 amide bonds. The van der Waals surface area contributed by atoms with Gasteiger partial charge in [0.2, 0.25) is 5.78 Å². The lowest BCUT2D eigenvalue weighted by molar-refractivity contribution is -0.492. The molecule has 4 rings (SSSR count). The molecule has 0 bridgehead atoms. The van der Waals surface area contributed by atoms with Crippen LogP contribution in [0.1, 0.15) is 72.1 Å². The molecule has 4 unspecified atom stereocenters. The number of aliphatic hydroxyl groups is 1. The normalized spacial score (nSPS) is 35.5. The summed E-state index contributed by atoms with van der Waals surface area (Å²) in [6.45, 7) is 3.71. The van der Waals surface area contributed by atoms with Crippen molar-refractivity contribution in [1.29, 1.82) is 0 Å². The zero-order valence-electron chi connectivity index (χ0n) is 27.2. The van der Waals surface area contributed by atoms with Crippen LogP contribution in [0.3, 0.4) is 0 Å². The number of allylic oxidation sites excluding steroid dienone is 4. The number of rotatable bonds is 15. The molecule has 0 aromatic carbocycles. The van der Waals surface area contributed by atoms with Crippen molar-refractivity contribution in [2.75, 3.05) is 26.4 Å². The van der Waals surface area contributed by atoms with Gasteiger partial charge in [-0.1, -0.05) is 25.5 Å². The molecular weight excluding hydrogens is 643 g/mol. The number of alkyl halides is 1. The fourth-order valence-electron chi connectivity index (χ4n) is 8.77. The predicted octanol–water partition coefficient (Wildman–Crippen LogP) is 3.19. The number of aliphatic hydroxyl groups excluding tert-OH is 1. The lowest BCUT2D eigenvalue weighted by Crippen LogP contribution is -2.70. The Hall–Kier alpha value is -2.87. The van der Waals surface area contributed by atoms with Crippen molar-refractivity contribution < 1.29 is 73.4 Å². The maximum atomic E-state index is 17.6. The third-order valence-corrected chi connectivity index (χ3v) is 10.9. The van der Waals surface area contributed by atoms with E-state index in [2.05, 4.69) is 9.68 Å². The summed E-state index contributed by atoms with van der Waals surface area (Å²) < 4.78 is 33.8. The molecule has 0 radical (unpaired) electrons. The van der Waals surface area contributed by atoms with E-state index in [4.69, 9.17) is 35.0 Å². The number of hydrogen-bond acceptors (Lipinski definition) is 16. The van der Waals surface area contributed by atoms with E-state index in [1.54, 1.807) is 20.8 Å². The molecule has 0 saturated heterocycles. The Morgan fingerprint density at radius 2 is 1.62 bits per heavy atom. The van der Waals surface area contributed by atoms with E-state index < -0.39 is 81.3 Å². The minimum Gasteiger partial charge on any atom is -0.450 e. The summed E-state index contributed by atoms with van der Waals surface area (Å²) in [4.78, 5) is 61.0. The van der Waals surface area contributed by atoms with E-state index in [-0.39, 0.29) is 64.1 Å². The van der Waals surface area contributed by atoms with E-state index in [1.807, 2.05) is 0 Å². The SMILES string of the molecule is C[C@@H]1CC2C3CCC4=CC(=O)C=CC4(C)[C@@]3(F)C(O)C[C@]2(C)[C@@]1(OC(=O)CCCON(O)O)C(=O)COC(=O)OCCCCON(O)O. The number of hydrogen-bond donors (Lipinski definition) is 5. The van der Waals surface area contributed by atoms with Gasteiger partial charge in [-0.05, 0) is 69.9 Å². The highest BCUT2D eigenvalue weighted by atomic mass is 19.1. The van der Waals surface area contributed by atoms with Crippen LogP contribution in [0.4, 0.5) is 9.18 Å². The first-order chi connectivity index (χ1) is 22.5. The molecule has 3 saturated carbocycles. The van der Waals surface area contributed by atoms with Crippen molar-refractivity contribution in [3.8, 4) is 0 Å². The van der Waals surface area contributed by atoms with Gasteiger partial charge in [0.25, 0.3) is 0 Å². The van der Waals surface area contributed by atoms with Gasteiger partial charge in [-0.25, -0.2) is 9.18 Å². The molecule has 4 aliphatic rings. The standard InChI is InChI=1S/C31H45FN2O14/c1-19-15-23-22-9-8-20-16-21(35)10-11-28(20,2)30(22,32)24(36)17-29(23,3)31(19,48-26(38)7-6-14-47-34(42)43)25(37)18-45-27(39)44-12-4-5-13-46-33(40)41/h10-11,16,19,22-24,36,40-43H,4-9,12-15,17-18H2,1-3H3/t19-,22?,23?,24?,28?,29+,30+,31+/m1/s1. The molecule has 0 heterocycles. The molecular formula is C31H45FN2O14. The van der Waals surface area contributed by atoms with Gasteiger partial charge >= 0.3 is 12.1 Å². The van der Waals surface area contributed by atoms with Gasteiger partial charge in [-0.3, -0.25) is 44.9 Å². The highest BCUT2D eigenvalue weighted by Crippen LogP contribution is 2.71. The number of unbranched alkanes of at least 4 members (excludes halogenated alkanes) is 1. The first-order valence-corrected chi connectivity index (χ1v) is 16.0. The van der Waals surface area contributed by atoms with Crippen LogP contribution in [0.15, 0.2) is 23.8 Å². The van der Waals surface area contributed by atoms with E-state index in [0.29, 0.717) is 18.4 Å². The summed E-state index contributed by atoms with van der Waals surface area (Å²) in [7, 11) is 0. The number of Topliss-reactive ketones (excluding diaryl/α,β-unsaturated/α-hetero) is 1. The van der Waals surface area contributed by atoms with Crippen LogP contribution in [0.5, 0.6) is 0 Å². The van der Waals surface area contributed by atoms with E-state index >= 15 is 4.39 Å². The second-order valence-electron chi connectivity index (χ2n) is 13.4. The summed E-state index contributed by atoms with van der Waals surface area (Å²) in [5, 5.41) is 45.4. The largest absolute Gasteiger partial charge is 0.508 e. The zero-order valence-corrected chi connectivity index (χ0v) is 27.2. The predicted molar refractivity (Wildman–Crippen MR) is 155 cm³/mol. The topological polar surface area (TPSA) is 222 Å². The fraction of sp³-hybridized carbons (Fsp3) is 0.742. The zero-order chi connectivity index (χ0) is 35.5. The second-order valence-corrected chi connectivity index (χ2v) is 13.4. The third kappa shape index (κ3) is 6.93. The number of carbonyl (C=O) groups is 4. The summed E-state index contributed by atoms with van der Waals surface area (Å²) in [6.07, 6.45) is 2.32. The summed E-state index contributed by atoms with van der Waals surface area (Å²) in [5.41, 5.74) is -6.15. The Morgan fingerprint density at radius 3 is 2.29 bits per heavy atom. The first kappa shape index (κ1) is 37.9. The van der Waals surface area contributed by atoms with Gasteiger partial charge in [0.1, 0.15) is 0 Å². The van der Waals surface area contributed by atoms with Crippen LogP contribution in [0, 0.1) is 28.6 Å². The van der Waals surface area contributed by atoms with Gasteiger partial charge in [-0.15, -0.1) is 0 Å². The van der Waals surface area contributed by atoms with Gasteiger partial charge < -0.3 is 19.3 Å². The molecule has 0 aromatic heterocycles. The number of carbonyl (C=O) groups excluding carboxylic acids is 4. The van der Waals surface area contributed by atoms with Gasteiger partial charge in [0.05, 0.1) is 36.7 Å². The summed E-state index contributed by atoms with van der Waals surface area (Å²) >= 11 is 0. The van der Waals surface area contributed by atoms with E-state index in [0.717, 1.165) is 0 Å². The molecule has 0 spiro atoms. The highest BCUT2D eigenvalue weighted by Gasteiger charge is 2.77. The fourth-order valence-corrected chi connectivity index (χ4v) is 8.77. The van der Waals surface area contributed by atoms with Crippen molar-refractivity contribution in [3.05, 3.63) is 23.8 Å². The first-order valence-electron chi connectivity index (χ1n) is 16.0. The minimum atomic E-state index is -2.20. The maximum Gasteiger partial charge on any atom is 0.508 e. The quantitative estimate of drug-likeness (QED) is 0.0947. The molecule has 0 aromatic rings. The smallest absolute Gasteiger partial charge is 0.450 e. The van der Waals surface area contributed by atoms with Gasteiger partial charge in [0.15, 0.2) is 23.7 Å². The Bertz CT molecular complexity index is 1290. The van der Waals surface area contributed by atoms with Crippen LogP contribution in [-0.4, -0.2) is 104 Å². The second kappa shape index (κ2) is 14.9. The number of halogens is 1. The molecule has 17 heteroatoms. The number of ether oxygens (including phenoxy) is 3. The van der Waals surface area contributed by atoms with Crippen molar-refractivity contribution >= 4 is 23.7 Å². The van der Waals surface area contributed by atoms with Crippen LogP contribution >= 0.6 is 0 Å². The Balaban J connectivity index is 1.58. The van der Waals surface area contributed by atoms with Gasteiger partial charge in [-0.2, -0.15) is 0 Å². The Kier molecular flexibility index (Phi) is 11.8. The molecule has 48 heavy (non-hydrogen) atoms. The molecule has 16 nitrogen and oxygen atoms in total. The Labute approximate surface area is 276 Å². The maximum absolute atomic E-state index is 17.6. The minimum absolute atomic E-state index is 0.0187. The lowest BCUT2D eigenvalue weighted by Gasteiger charge is -2.62. The number of nitrogens with zero attached hydrogens (tertiary/aromatic N) is 2. The number of fused-ring (bicyclic) bond motifs is 5. The highest BCUT2D eigenvalue weighted by molar-refractivity contribution is 6.01. The lowest BCUT2D eigenvalue weighted by atomic mass is 9.44. The monoisotopic (exact) mass is 688 g/mol. The van der Waals surface area contributed by atoms with Crippen LogP contribution in [0.25, 0.3) is 0 Å². The average molecular weight is 689 g/mol.